The van der Waals surface area contributed by atoms with Gasteiger partial charge in [0.25, 0.3) is 0 Å². The fourth-order valence-corrected chi connectivity index (χ4v) is 13.9. The maximum Gasteiger partial charge on any atom is 0.247 e. The fraction of sp³-hybridized carbons (Fsp3) is 0.143. The van der Waals surface area contributed by atoms with Gasteiger partial charge in [0.1, 0.15) is 11.2 Å². The normalized spacial score (nSPS) is 13.3. The SMILES string of the molecule is C=C1B2c3cc4c(Cc5ccccc5)c5ccccc5c(Cc5ccccc5)c4cc3N(c3cc(C(C)(C)C)cc(C(C)(C)C)c3)c3cc4c(oc5ccccc54)c(c32)-c2cc3ccccc3c(c2C)-c2c1ccc1ccccc21. The molecule has 0 N–H and O–H groups in total. The van der Waals surface area contributed by atoms with Crippen molar-refractivity contribution in [1.82, 2.24) is 0 Å². The van der Waals surface area contributed by atoms with E-state index in [4.69, 9.17) is 11.0 Å². The molecule has 0 saturated heterocycles. The van der Waals surface area contributed by atoms with Crippen LogP contribution in [0.3, 0.4) is 0 Å². The van der Waals surface area contributed by atoms with E-state index in [-0.39, 0.29) is 17.5 Å². The average molecular weight is 1030 g/mol. The van der Waals surface area contributed by atoms with Crippen LogP contribution < -0.4 is 15.8 Å². The summed E-state index contributed by atoms with van der Waals surface area (Å²) in [6, 6.07) is 80.3. The predicted octanol–water partition coefficient (Wildman–Crippen LogP) is 19.6. The van der Waals surface area contributed by atoms with Crippen LogP contribution in [0.2, 0.25) is 0 Å². The van der Waals surface area contributed by atoms with Crippen molar-refractivity contribution in [2.24, 2.45) is 0 Å². The number of furan rings is 1. The van der Waals surface area contributed by atoms with Gasteiger partial charge in [0, 0.05) is 33.4 Å². The van der Waals surface area contributed by atoms with E-state index in [1.807, 2.05) is 0 Å². The Morgan fingerprint density at radius 1 is 0.438 bits per heavy atom. The summed E-state index contributed by atoms with van der Waals surface area (Å²) in [4.78, 5) is 2.66. The van der Waals surface area contributed by atoms with Gasteiger partial charge in [-0.1, -0.05) is 223 Å². The first-order chi connectivity index (χ1) is 38.8. The van der Waals surface area contributed by atoms with Gasteiger partial charge in [-0.2, -0.15) is 0 Å². The minimum atomic E-state index is -0.300. The smallest absolute Gasteiger partial charge is 0.247 e. The Kier molecular flexibility index (Phi) is 10.7. The summed E-state index contributed by atoms with van der Waals surface area (Å²) in [6.45, 7) is 21.6. The highest BCUT2D eigenvalue weighted by Gasteiger charge is 2.43. The average Bonchev–Trinajstić information content (AvgIpc) is 3.28. The van der Waals surface area contributed by atoms with Gasteiger partial charge in [-0.05, 0) is 182 Å². The van der Waals surface area contributed by atoms with Crippen LogP contribution in [0.25, 0.3) is 92.8 Å². The van der Waals surface area contributed by atoms with E-state index in [2.05, 4.69) is 266 Å². The van der Waals surface area contributed by atoms with Gasteiger partial charge in [-0.3, -0.25) is 0 Å². The molecule has 2 bridgehead atoms. The van der Waals surface area contributed by atoms with Crippen molar-refractivity contribution >= 4 is 105 Å². The third kappa shape index (κ3) is 7.40. The van der Waals surface area contributed by atoms with Crippen molar-refractivity contribution in [1.29, 1.82) is 0 Å². The van der Waals surface area contributed by atoms with Crippen LogP contribution in [0.4, 0.5) is 17.1 Å². The van der Waals surface area contributed by atoms with E-state index in [9.17, 15) is 0 Å². The van der Waals surface area contributed by atoms with Crippen molar-refractivity contribution in [3.8, 4) is 22.3 Å². The summed E-state index contributed by atoms with van der Waals surface area (Å²) in [5.74, 6) is 0. The summed E-state index contributed by atoms with van der Waals surface area (Å²) >= 11 is 0. The Hall–Kier alpha value is -8.92. The van der Waals surface area contributed by atoms with E-state index < -0.39 is 0 Å². The molecular formula is C77H62BNO. The molecule has 15 rings (SSSR count). The maximum atomic E-state index is 7.39. The topological polar surface area (TPSA) is 16.4 Å². The first-order valence-corrected chi connectivity index (χ1v) is 28.5. The second-order valence-corrected chi connectivity index (χ2v) is 24.9. The quantitative estimate of drug-likeness (QED) is 0.126. The van der Waals surface area contributed by atoms with Gasteiger partial charge in [-0.25, -0.2) is 0 Å². The molecule has 0 atom stereocenters. The first kappa shape index (κ1) is 48.2. The van der Waals surface area contributed by atoms with E-state index in [0.29, 0.717) is 0 Å². The largest absolute Gasteiger partial charge is 0.455 e. The van der Waals surface area contributed by atoms with E-state index in [1.54, 1.807) is 0 Å². The second kappa shape index (κ2) is 17.8. The highest BCUT2D eigenvalue weighted by Crippen LogP contribution is 2.53. The van der Waals surface area contributed by atoms with E-state index >= 15 is 0 Å². The molecular weight excluding hydrogens is 966 g/mol. The highest BCUT2D eigenvalue weighted by atomic mass is 16.3. The van der Waals surface area contributed by atoms with Crippen LogP contribution in [0.1, 0.15) is 86.1 Å². The number of hydrogen-bond acceptors (Lipinski definition) is 2. The molecule has 12 aromatic carbocycles. The zero-order valence-electron chi connectivity index (χ0n) is 46.8. The minimum Gasteiger partial charge on any atom is -0.455 e. The summed E-state index contributed by atoms with van der Waals surface area (Å²) in [6.07, 6.45) is 1.57. The van der Waals surface area contributed by atoms with Gasteiger partial charge in [0.15, 0.2) is 0 Å². The van der Waals surface area contributed by atoms with Crippen molar-refractivity contribution in [3.63, 3.8) is 0 Å². The third-order valence-electron chi connectivity index (χ3n) is 18.0. The highest BCUT2D eigenvalue weighted by molar-refractivity contribution is 7.03. The molecule has 0 unspecified atom stereocenters. The summed E-state index contributed by atoms with van der Waals surface area (Å²) in [7, 11) is 0. The molecule has 80 heavy (non-hydrogen) atoms. The molecule has 0 fully saturated rings. The van der Waals surface area contributed by atoms with E-state index in [1.165, 1.54) is 121 Å². The van der Waals surface area contributed by atoms with Crippen LogP contribution in [0.5, 0.6) is 0 Å². The summed E-state index contributed by atoms with van der Waals surface area (Å²) in [5, 5.41) is 12.2. The number of nitrogens with zero attached hydrogens (tertiary/aromatic N) is 1. The van der Waals surface area contributed by atoms with Crippen LogP contribution in [0, 0.1) is 6.92 Å². The lowest BCUT2D eigenvalue weighted by Gasteiger charge is -2.40. The molecule has 2 nitrogen and oxygen atoms in total. The van der Waals surface area contributed by atoms with Gasteiger partial charge >= 0.3 is 0 Å². The van der Waals surface area contributed by atoms with Gasteiger partial charge in [0.05, 0.1) is 0 Å². The Bertz CT molecular complexity index is 4730. The van der Waals surface area contributed by atoms with Gasteiger partial charge < -0.3 is 9.32 Å². The molecule has 0 radical (unpaired) electrons. The Labute approximate surface area is 469 Å². The maximum absolute atomic E-state index is 7.39. The van der Waals surface area contributed by atoms with Crippen LogP contribution in [-0.4, -0.2) is 6.71 Å². The molecule has 3 heterocycles. The number of anilines is 3. The number of fused-ring (bicyclic) bond motifs is 17. The van der Waals surface area contributed by atoms with Crippen molar-refractivity contribution in [2.75, 3.05) is 4.90 Å². The minimum absolute atomic E-state index is 0.133. The lowest BCUT2D eigenvalue weighted by Crippen LogP contribution is -2.51. The molecule has 0 spiro atoms. The van der Waals surface area contributed by atoms with Gasteiger partial charge in [-0.15, -0.1) is 6.58 Å². The fourth-order valence-electron chi connectivity index (χ4n) is 13.9. The lowest BCUT2D eigenvalue weighted by atomic mass is 9.33. The molecule has 1 aromatic heterocycles. The first-order valence-electron chi connectivity index (χ1n) is 28.5. The van der Waals surface area contributed by atoms with Crippen LogP contribution >= 0.6 is 0 Å². The molecule has 0 amide bonds. The molecule has 0 saturated carbocycles. The summed E-state index contributed by atoms with van der Waals surface area (Å²) < 4.78 is 7.39. The van der Waals surface area contributed by atoms with Crippen LogP contribution in [-0.2, 0) is 23.7 Å². The Morgan fingerprint density at radius 3 is 1.59 bits per heavy atom. The van der Waals surface area contributed by atoms with Crippen molar-refractivity contribution in [3.05, 3.63) is 263 Å². The van der Waals surface area contributed by atoms with Crippen molar-refractivity contribution in [2.45, 2.75) is 72.1 Å². The molecule has 3 heteroatoms. The zero-order chi connectivity index (χ0) is 54.3. The second-order valence-electron chi connectivity index (χ2n) is 24.9. The van der Waals surface area contributed by atoms with E-state index in [0.717, 1.165) is 57.2 Å². The third-order valence-corrected chi connectivity index (χ3v) is 18.0. The van der Waals surface area contributed by atoms with Gasteiger partial charge in [0.2, 0.25) is 6.71 Å². The summed E-state index contributed by atoms with van der Waals surface area (Å²) in [5.41, 5.74) is 23.6. The molecule has 2 aliphatic heterocycles. The zero-order valence-corrected chi connectivity index (χ0v) is 46.8. The van der Waals surface area contributed by atoms with Crippen LogP contribution in [0.15, 0.2) is 223 Å². The number of hydrogen-bond donors (Lipinski definition) is 0. The molecule has 2 aliphatic rings. The molecule has 0 aliphatic carbocycles. The monoisotopic (exact) mass is 1030 g/mol. The Balaban J connectivity index is 1.18. The Morgan fingerprint density at radius 2 is 0.963 bits per heavy atom. The van der Waals surface area contributed by atoms with Crippen molar-refractivity contribution < 1.29 is 4.42 Å². The molecule has 13 aromatic rings. The predicted molar refractivity (Wildman–Crippen MR) is 344 cm³/mol. The number of benzene rings is 12. The number of para-hydroxylation sites is 1. The number of rotatable bonds is 5. The molecule has 384 valence electrons. The lowest BCUT2D eigenvalue weighted by molar-refractivity contribution is 0.569. The standard InChI is InChI=1S/C77H62BNO/c1-46-61-39-51-28-16-18-30-57(51)71(46)72-55(36-35-50-27-15-17-29-56(50)72)47(2)78-67-43-64-62(37-48-23-11-9-12-24-48)58-31-19-20-32-59(58)63(38-49-25-13-10-14-26-49)65(64)44-68(67)79(54-41-52(76(3,4)5)40-53(42-54)77(6,7)8)69-45-66-60-33-21-22-34-70(60)80-75(66)73(61)74(69)78/h9-36,39-45H,2,37-38H2,1,3-8H3.